The van der Waals surface area contributed by atoms with Crippen molar-refractivity contribution < 1.29 is 19.7 Å². The maximum Gasteiger partial charge on any atom is 0.305 e. The lowest BCUT2D eigenvalue weighted by molar-refractivity contribution is -0.147. The van der Waals surface area contributed by atoms with Crippen LogP contribution < -0.4 is 0 Å². The van der Waals surface area contributed by atoms with Crippen molar-refractivity contribution in [1.82, 2.24) is 0 Å². The molecule has 1 aliphatic carbocycles. The van der Waals surface area contributed by atoms with E-state index in [1.54, 1.807) is 0 Å². The first-order chi connectivity index (χ1) is 12.7. The van der Waals surface area contributed by atoms with E-state index in [2.05, 4.69) is 6.92 Å². The van der Waals surface area contributed by atoms with Gasteiger partial charge in [0, 0.05) is 6.42 Å². The molecular weight excluding hydrogens is 328 g/mol. The number of hydrogen-bond acceptors (Lipinski definition) is 4. The van der Waals surface area contributed by atoms with E-state index >= 15 is 0 Å². The standard InChI is InChI=1S/C22H42O4/c1-2-3-4-5-7-10-13-19-16-20(19)14-11-8-6-9-12-15-22(25)26-18-21(24)17-23/h19-21,23-24H,2-18H2,1H3/t19-,20+,21-/m0/s1. The molecule has 1 rings (SSSR count). The molecule has 0 aromatic heterocycles. The highest BCUT2D eigenvalue weighted by Crippen LogP contribution is 2.45. The minimum Gasteiger partial charge on any atom is -0.463 e. The van der Waals surface area contributed by atoms with Crippen molar-refractivity contribution >= 4 is 5.97 Å². The molecule has 0 amide bonds. The van der Waals surface area contributed by atoms with Gasteiger partial charge >= 0.3 is 5.97 Å². The number of carbonyl (C=O) groups is 1. The summed E-state index contributed by atoms with van der Waals surface area (Å²) in [6.07, 6.45) is 18.0. The summed E-state index contributed by atoms with van der Waals surface area (Å²) in [5.74, 6) is 1.77. The minimum atomic E-state index is -0.953. The fourth-order valence-corrected chi connectivity index (χ4v) is 3.72. The number of rotatable bonds is 18. The second-order valence-corrected chi connectivity index (χ2v) is 8.14. The van der Waals surface area contributed by atoms with Gasteiger partial charge in [-0.1, -0.05) is 84.0 Å². The third-order valence-corrected chi connectivity index (χ3v) is 5.60. The Hall–Kier alpha value is -0.610. The molecule has 0 bridgehead atoms. The van der Waals surface area contributed by atoms with Gasteiger partial charge in [0.15, 0.2) is 0 Å². The van der Waals surface area contributed by atoms with Gasteiger partial charge in [-0.3, -0.25) is 4.79 Å². The summed E-state index contributed by atoms with van der Waals surface area (Å²) in [5, 5.41) is 17.8. The van der Waals surface area contributed by atoms with E-state index in [0.29, 0.717) is 6.42 Å². The number of unbranched alkanes of at least 4 members (excludes halogenated alkanes) is 9. The summed E-state index contributed by atoms with van der Waals surface area (Å²) in [7, 11) is 0. The highest BCUT2D eigenvalue weighted by Gasteiger charge is 2.34. The van der Waals surface area contributed by atoms with Crippen LogP contribution in [-0.2, 0) is 9.53 Å². The third kappa shape index (κ3) is 12.7. The molecule has 0 saturated heterocycles. The largest absolute Gasteiger partial charge is 0.463 e. The van der Waals surface area contributed by atoms with Gasteiger partial charge in [0.05, 0.1) is 6.61 Å². The van der Waals surface area contributed by atoms with Gasteiger partial charge in [0.2, 0.25) is 0 Å². The lowest BCUT2D eigenvalue weighted by Crippen LogP contribution is -2.21. The molecule has 0 aromatic carbocycles. The van der Waals surface area contributed by atoms with Gasteiger partial charge in [0.25, 0.3) is 0 Å². The molecule has 0 heterocycles. The first kappa shape index (κ1) is 23.4. The van der Waals surface area contributed by atoms with Gasteiger partial charge in [-0.2, -0.15) is 0 Å². The zero-order chi connectivity index (χ0) is 19.0. The van der Waals surface area contributed by atoms with Crippen LogP contribution in [-0.4, -0.2) is 35.5 Å². The number of hydrogen-bond donors (Lipinski definition) is 2. The zero-order valence-electron chi connectivity index (χ0n) is 17.0. The van der Waals surface area contributed by atoms with Crippen molar-refractivity contribution in [3.05, 3.63) is 0 Å². The second kappa shape index (κ2) is 15.4. The summed E-state index contributed by atoms with van der Waals surface area (Å²) < 4.78 is 4.88. The second-order valence-electron chi connectivity index (χ2n) is 8.14. The number of carbonyl (C=O) groups excluding carboxylic acids is 1. The van der Waals surface area contributed by atoms with Crippen LogP contribution >= 0.6 is 0 Å². The molecule has 0 aliphatic heterocycles. The predicted octanol–water partition coefficient (Wildman–Crippen LogP) is 5.00. The smallest absolute Gasteiger partial charge is 0.305 e. The van der Waals surface area contributed by atoms with Crippen LogP contribution in [0, 0.1) is 11.8 Å². The van der Waals surface area contributed by atoms with Gasteiger partial charge in [-0.15, -0.1) is 0 Å². The van der Waals surface area contributed by atoms with Gasteiger partial charge in [0.1, 0.15) is 12.7 Å². The van der Waals surface area contributed by atoms with E-state index in [1.807, 2.05) is 0 Å². The molecule has 0 spiro atoms. The molecule has 2 N–H and O–H groups in total. The fraction of sp³-hybridized carbons (Fsp3) is 0.955. The van der Waals surface area contributed by atoms with Gasteiger partial charge in [-0.25, -0.2) is 0 Å². The summed E-state index contributed by atoms with van der Waals surface area (Å²) in [6, 6.07) is 0. The third-order valence-electron chi connectivity index (χ3n) is 5.60. The van der Waals surface area contributed by atoms with E-state index in [4.69, 9.17) is 14.9 Å². The number of esters is 1. The molecule has 4 heteroatoms. The summed E-state index contributed by atoms with van der Waals surface area (Å²) in [5.41, 5.74) is 0. The number of ether oxygens (including phenoxy) is 1. The lowest BCUT2D eigenvalue weighted by atomic mass is 10.0. The lowest BCUT2D eigenvalue weighted by Gasteiger charge is -2.08. The summed E-state index contributed by atoms with van der Waals surface area (Å²) in [4.78, 5) is 11.4. The van der Waals surface area contributed by atoms with Gasteiger partial charge < -0.3 is 14.9 Å². The highest BCUT2D eigenvalue weighted by molar-refractivity contribution is 5.69. The molecule has 26 heavy (non-hydrogen) atoms. The Morgan fingerprint density at radius 2 is 1.46 bits per heavy atom. The van der Waals surface area contributed by atoms with Crippen LogP contribution in [0.3, 0.4) is 0 Å². The fourth-order valence-electron chi connectivity index (χ4n) is 3.72. The molecule has 1 saturated carbocycles. The predicted molar refractivity (Wildman–Crippen MR) is 106 cm³/mol. The number of aliphatic hydroxyl groups is 2. The van der Waals surface area contributed by atoms with E-state index in [1.165, 1.54) is 77.0 Å². The van der Waals surface area contributed by atoms with Crippen LogP contribution in [0.5, 0.6) is 0 Å². The van der Waals surface area contributed by atoms with E-state index < -0.39 is 6.10 Å². The molecule has 3 atom stereocenters. The van der Waals surface area contributed by atoms with Crippen LogP contribution in [0.25, 0.3) is 0 Å². The van der Waals surface area contributed by atoms with Crippen molar-refractivity contribution in [1.29, 1.82) is 0 Å². The molecule has 4 nitrogen and oxygen atoms in total. The van der Waals surface area contributed by atoms with Crippen molar-refractivity contribution in [2.75, 3.05) is 13.2 Å². The van der Waals surface area contributed by atoms with Crippen molar-refractivity contribution in [3.63, 3.8) is 0 Å². The average molecular weight is 371 g/mol. The number of aliphatic hydroxyl groups excluding tert-OH is 2. The Bertz CT molecular complexity index is 345. The molecule has 1 fully saturated rings. The van der Waals surface area contributed by atoms with Crippen molar-refractivity contribution in [2.45, 2.75) is 109 Å². The first-order valence-electron chi connectivity index (χ1n) is 11.1. The Balaban J connectivity index is 1.79. The Labute approximate surface area is 160 Å². The molecule has 0 aromatic rings. The minimum absolute atomic E-state index is 0.101. The molecule has 1 aliphatic rings. The zero-order valence-corrected chi connectivity index (χ0v) is 17.0. The topological polar surface area (TPSA) is 66.8 Å². The van der Waals surface area contributed by atoms with Crippen LogP contribution in [0.2, 0.25) is 0 Å². The van der Waals surface area contributed by atoms with E-state index in [0.717, 1.165) is 24.7 Å². The molecular formula is C22H42O4. The summed E-state index contributed by atoms with van der Waals surface area (Å²) >= 11 is 0. The van der Waals surface area contributed by atoms with Crippen molar-refractivity contribution in [2.24, 2.45) is 11.8 Å². The Morgan fingerprint density at radius 1 is 0.923 bits per heavy atom. The van der Waals surface area contributed by atoms with Gasteiger partial charge in [-0.05, 0) is 24.7 Å². The summed E-state index contributed by atoms with van der Waals surface area (Å²) in [6.45, 7) is 1.81. The normalized spacial score (nSPS) is 20.1. The van der Waals surface area contributed by atoms with Crippen LogP contribution in [0.15, 0.2) is 0 Å². The van der Waals surface area contributed by atoms with Crippen LogP contribution in [0.4, 0.5) is 0 Å². The molecule has 0 unspecified atom stereocenters. The highest BCUT2D eigenvalue weighted by atomic mass is 16.5. The molecule has 0 radical (unpaired) electrons. The quantitative estimate of drug-likeness (QED) is 0.263. The monoisotopic (exact) mass is 370 g/mol. The maximum absolute atomic E-state index is 11.4. The van der Waals surface area contributed by atoms with Crippen LogP contribution in [0.1, 0.15) is 103 Å². The first-order valence-corrected chi connectivity index (χ1v) is 11.1. The van der Waals surface area contributed by atoms with E-state index in [9.17, 15) is 4.79 Å². The average Bonchev–Trinajstić information content (AvgIpc) is 3.39. The SMILES string of the molecule is CCCCCCCC[C@H]1C[C@H]1CCCCCCCC(=O)OC[C@@H](O)CO. The Morgan fingerprint density at radius 3 is 2.04 bits per heavy atom. The maximum atomic E-state index is 11.4. The Kier molecular flexibility index (Phi) is 13.9. The van der Waals surface area contributed by atoms with Crippen molar-refractivity contribution in [3.8, 4) is 0 Å². The van der Waals surface area contributed by atoms with E-state index in [-0.39, 0.29) is 19.2 Å². The molecule has 154 valence electrons.